The molecule has 0 fully saturated rings. The monoisotopic (exact) mass is 935 g/mol. The van der Waals surface area contributed by atoms with E-state index in [2.05, 4.69) is 0 Å². The Balaban J connectivity index is 0.000000473. The van der Waals surface area contributed by atoms with Crippen LogP contribution in [0.1, 0.15) is 67.8 Å². The molecule has 10 rings (SSSR count). The number of hydrogen-bond donors (Lipinski definition) is 0. The molecule has 7 nitrogen and oxygen atoms in total. The molecule has 0 saturated heterocycles. The minimum absolute atomic E-state index is 0. The average molecular weight is 939 g/mol. The third kappa shape index (κ3) is 8.93. The molecular formula is C50H29Cl4N5O2Zn. The Bertz CT molecular complexity index is 2480. The smallest absolute Gasteiger partial charge is 0.269 e. The fourth-order valence-corrected chi connectivity index (χ4v) is 7.79. The maximum Gasteiger partial charge on any atom is 0.269 e. The molecule has 1 aliphatic heterocycles. The van der Waals surface area contributed by atoms with Crippen LogP contribution in [-0.4, -0.2) is 4.92 Å². The first-order chi connectivity index (χ1) is 29.7. The zero-order valence-electron chi connectivity index (χ0n) is 32.5. The van der Waals surface area contributed by atoms with E-state index in [0.717, 1.165) is 91.5 Å². The van der Waals surface area contributed by atoms with Crippen molar-refractivity contribution in [1.82, 2.24) is 19.9 Å². The van der Waals surface area contributed by atoms with Crippen LogP contribution in [0.3, 0.4) is 0 Å². The van der Waals surface area contributed by atoms with Crippen molar-refractivity contribution < 1.29 is 24.4 Å². The fourth-order valence-electron chi connectivity index (χ4n) is 7.29. The molecule has 0 aliphatic carbocycles. The number of rotatable bonds is 5. The predicted octanol–water partition coefficient (Wildman–Crippen LogP) is 12.1. The van der Waals surface area contributed by atoms with Gasteiger partial charge in [-0.05, 0) is 94.1 Å². The summed E-state index contributed by atoms with van der Waals surface area (Å²) in [5.74, 6) is 3.49. The van der Waals surface area contributed by atoms with E-state index in [-0.39, 0.29) is 25.2 Å². The summed E-state index contributed by atoms with van der Waals surface area (Å²) in [7, 11) is 0. The zero-order valence-corrected chi connectivity index (χ0v) is 38.5. The summed E-state index contributed by atoms with van der Waals surface area (Å²) >= 11 is 25.4. The number of hydrogen-bond acceptors (Lipinski definition) is 2. The first kappa shape index (κ1) is 42.6. The van der Waals surface area contributed by atoms with Gasteiger partial charge in [0.25, 0.3) is 5.69 Å². The van der Waals surface area contributed by atoms with Crippen LogP contribution < -0.4 is 19.9 Å². The normalized spacial score (nSPS) is 12.1. The topological polar surface area (TPSA) is 99.5 Å². The second kappa shape index (κ2) is 18.5. The summed E-state index contributed by atoms with van der Waals surface area (Å²) in [5.41, 5.74) is 10.0. The molecule has 5 aromatic carbocycles. The quantitative estimate of drug-likeness (QED) is 0.0737. The molecule has 296 valence electrons. The van der Waals surface area contributed by atoms with Gasteiger partial charge < -0.3 is 19.9 Å². The summed E-state index contributed by atoms with van der Waals surface area (Å²) in [5, 5.41) is 12.6. The molecule has 1 aliphatic rings. The molecule has 0 N–H and O–H groups in total. The molecule has 0 unspecified atom stereocenters. The predicted molar refractivity (Wildman–Crippen MR) is 240 cm³/mol. The van der Waals surface area contributed by atoms with Crippen molar-refractivity contribution >= 4 is 52.1 Å². The maximum atomic E-state index is 10.0. The summed E-state index contributed by atoms with van der Waals surface area (Å²) in [6, 6.07) is 55.2. The van der Waals surface area contributed by atoms with Gasteiger partial charge in [0, 0.05) is 152 Å². The van der Waals surface area contributed by atoms with Gasteiger partial charge in [-0.15, -0.1) is 0 Å². The second-order valence-corrected chi connectivity index (χ2v) is 15.7. The van der Waals surface area contributed by atoms with Crippen LogP contribution in [0.4, 0.5) is 5.69 Å². The van der Waals surface area contributed by atoms with E-state index in [4.69, 9.17) is 66.3 Å². The number of non-ortho nitro benzene ring substituents is 1. The van der Waals surface area contributed by atoms with E-state index in [1.54, 1.807) is 18.2 Å². The molecule has 8 bridgehead atoms. The standard InChI is InChI=1S/C44H24Cl4N4.C6H5NO2.Zn/c45-29-9-1-25(2-10-29)41-33-17-19-35(49-33)42(26-3-11-30(46)12-4-26)37-21-23-39(51-37)44(28-7-15-32(48)16-8-28)40-24-22-38(52-40)43(36-20-18-34(41)50-36)27-5-13-31(47)14-6-27;8-7(9)6-4-2-1-3-5-6;/h1-24H;1-5H;. The molecule has 12 heteroatoms. The summed E-state index contributed by atoms with van der Waals surface area (Å²) in [6.45, 7) is 0. The van der Waals surface area contributed by atoms with Crippen molar-refractivity contribution in [1.29, 1.82) is 0 Å². The third-order valence-electron chi connectivity index (χ3n) is 10.1. The molecule has 0 spiro atoms. The number of benzene rings is 5. The first-order valence-corrected chi connectivity index (χ1v) is 20.5. The Morgan fingerprint density at radius 1 is 0.339 bits per heavy atom. The van der Waals surface area contributed by atoms with Crippen molar-refractivity contribution in [2.75, 3.05) is 0 Å². The number of fused-ring (bicyclic) bond motifs is 8. The van der Waals surface area contributed by atoms with Crippen LogP contribution in [0.15, 0.2) is 176 Å². The molecule has 0 atom stereocenters. The van der Waals surface area contributed by atoms with E-state index >= 15 is 0 Å². The zero-order chi connectivity index (χ0) is 42.0. The Morgan fingerprint density at radius 3 is 0.726 bits per heavy atom. The van der Waals surface area contributed by atoms with Crippen molar-refractivity contribution in [2.24, 2.45) is 0 Å². The van der Waals surface area contributed by atoms with Crippen LogP contribution in [0.5, 0.6) is 0 Å². The van der Waals surface area contributed by atoms with Crippen molar-refractivity contribution in [3.8, 4) is 0 Å². The molecule has 62 heavy (non-hydrogen) atoms. The largest absolute Gasteiger partial charge is 0.628 e. The van der Waals surface area contributed by atoms with Crippen molar-refractivity contribution in [3.63, 3.8) is 0 Å². The Labute approximate surface area is 391 Å². The molecule has 0 amide bonds. The van der Waals surface area contributed by atoms with E-state index < -0.39 is 4.92 Å². The number of nitro groups is 1. The molecule has 9 aromatic rings. The van der Waals surface area contributed by atoms with Gasteiger partial charge in [0.2, 0.25) is 0 Å². The maximum absolute atomic E-state index is 10.0. The number of aromatic nitrogens is 4. The van der Waals surface area contributed by atoms with Crippen molar-refractivity contribution in [3.05, 3.63) is 298 Å². The minimum atomic E-state index is -0.417. The Hall–Kier alpha value is -6.12. The minimum Gasteiger partial charge on any atom is -0.628 e. The molecule has 4 aromatic heterocycles. The van der Waals surface area contributed by atoms with Crippen LogP contribution in [0.2, 0.25) is 20.1 Å². The van der Waals surface area contributed by atoms with Gasteiger partial charge >= 0.3 is 0 Å². The summed E-state index contributed by atoms with van der Waals surface area (Å²) in [6.07, 6.45) is 0. The number of nitro benzene ring substituents is 1. The third-order valence-corrected chi connectivity index (χ3v) is 11.1. The van der Waals surface area contributed by atoms with E-state index in [1.165, 1.54) is 12.1 Å². The molecule has 0 saturated carbocycles. The van der Waals surface area contributed by atoms with Gasteiger partial charge in [0.05, 0.1) is 47.3 Å². The van der Waals surface area contributed by atoms with E-state index in [0.29, 0.717) is 20.1 Å². The van der Waals surface area contributed by atoms with Gasteiger partial charge in [-0.2, -0.15) is 0 Å². The van der Waals surface area contributed by atoms with Crippen LogP contribution in [0, 0.1) is 33.8 Å². The summed E-state index contributed by atoms with van der Waals surface area (Å²) < 4.78 is 0. The number of halogens is 4. The second-order valence-electron chi connectivity index (χ2n) is 14.0. The van der Waals surface area contributed by atoms with Gasteiger partial charge in [0.15, 0.2) is 0 Å². The Kier molecular flexibility index (Phi) is 12.7. The SMILES string of the molecule is Clc1ccc([C+]2c3ccc([n-]3)[C+](c3ccc(Cl)cc3)c3ccc([n-]3)[C+](c3ccc(Cl)cc3)c3ccc([n-]3)[C+](c3ccc(Cl)cc3)c3ccc2[n-]3)cc1.O=[N+]([O-])c1ccccc1.[Zn]. The van der Waals surface area contributed by atoms with Gasteiger partial charge in [0.1, 0.15) is 0 Å². The van der Waals surface area contributed by atoms with Crippen LogP contribution in [-0.2, 0) is 19.5 Å². The molecule has 5 heterocycles. The van der Waals surface area contributed by atoms with Crippen molar-refractivity contribution in [2.45, 2.75) is 0 Å². The first-order valence-electron chi connectivity index (χ1n) is 19.0. The van der Waals surface area contributed by atoms with Gasteiger partial charge in [-0.3, -0.25) is 10.1 Å². The Morgan fingerprint density at radius 2 is 0.548 bits per heavy atom. The number of para-hydroxylation sites is 1. The van der Waals surface area contributed by atoms with Crippen LogP contribution in [0.25, 0.3) is 0 Å². The van der Waals surface area contributed by atoms with Gasteiger partial charge in [-0.25, -0.2) is 0 Å². The molecular weight excluding hydrogens is 910 g/mol. The van der Waals surface area contributed by atoms with E-state index in [1.807, 2.05) is 146 Å². The van der Waals surface area contributed by atoms with Crippen LogP contribution >= 0.6 is 46.4 Å². The number of nitrogens with zero attached hydrogens (tertiary/aromatic N) is 5. The fraction of sp³-hybridized carbons (Fsp3) is 0. The van der Waals surface area contributed by atoms with Gasteiger partial charge in [-0.1, -0.05) is 64.6 Å². The van der Waals surface area contributed by atoms with E-state index in [9.17, 15) is 10.1 Å². The summed E-state index contributed by atoms with van der Waals surface area (Å²) in [4.78, 5) is 30.7. The molecule has 0 radical (unpaired) electrons. The average Bonchev–Trinajstić information content (AvgIpc) is 4.12.